The van der Waals surface area contributed by atoms with Gasteiger partial charge in [0, 0.05) is 41.2 Å². The number of unbranched alkanes of at least 4 members (excludes halogenated alkanes) is 2. The van der Waals surface area contributed by atoms with Crippen LogP contribution in [0.15, 0.2) is 66.7 Å². The van der Waals surface area contributed by atoms with Crippen LogP contribution in [0.25, 0.3) is 38.9 Å². The van der Waals surface area contributed by atoms with Gasteiger partial charge < -0.3 is 19.6 Å². The molecule has 0 unspecified atom stereocenters. The Balaban J connectivity index is 1.45. The number of carbonyl (C=O) groups is 1. The van der Waals surface area contributed by atoms with Crippen molar-refractivity contribution >= 4 is 33.7 Å². The van der Waals surface area contributed by atoms with Gasteiger partial charge in [0.05, 0.1) is 24.4 Å². The molecule has 0 aliphatic heterocycles. The molecule has 0 saturated carbocycles. The van der Waals surface area contributed by atoms with Crippen LogP contribution in [0, 0.1) is 6.92 Å². The number of aliphatic hydroxyl groups excluding tert-OH is 1. The van der Waals surface area contributed by atoms with Crippen molar-refractivity contribution in [2.45, 2.75) is 46.0 Å². The molecule has 5 aromatic rings. The van der Waals surface area contributed by atoms with Crippen LogP contribution >= 0.6 is 0 Å². The van der Waals surface area contributed by atoms with Crippen molar-refractivity contribution in [1.29, 1.82) is 0 Å². The van der Waals surface area contributed by atoms with Crippen molar-refractivity contribution in [2.75, 3.05) is 19.8 Å². The number of aromatic amines is 1. The lowest BCUT2D eigenvalue weighted by molar-refractivity contribution is 0.0519. The third-order valence-electron chi connectivity index (χ3n) is 7.68. The van der Waals surface area contributed by atoms with E-state index in [1.54, 1.807) is 0 Å². The Morgan fingerprint density at radius 2 is 1.81 bits per heavy atom. The number of benzene rings is 3. The molecular formula is C35H39N3O4. The van der Waals surface area contributed by atoms with E-state index in [0.717, 1.165) is 81.2 Å². The summed E-state index contributed by atoms with van der Waals surface area (Å²) < 4.78 is 13.6. The van der Waals surface area contributed by atoms with E-state index in [2.05, 4.69) is 54.4 Å². The average molecular weight is 566 g/mol. The number of nitrogens with zero attached hydrogens (tertiary/aromatic N) is 2. The van der Waals surface area contributed by atoms with Gasteiger partial charge in [-0.1, -0.05) is 60.7 Å². The molecule has 7 heteroatoms. The number of aliphatic hydroxyl groups is 1. The zero-order valence-corrected chi connectivity index (χ0v) is 24.7. The van der Waals surface area contributed by atoms with Crippen molar-refractivity contribution in [3.8, 4) is 16.9 Å². The molecule has 0 spiro atoms. The number of esters is 1. The number of allylic oxidation sites excluding steroid dienone is 1. The lowest BCUT2D eigenvalue weighted by atomic mass is 9.98. The maximum absolute atomic E-state index is 13.1. The van der Waals surface area contributed by atoms with E-state index in [1.165, 1.54) is 0 Å². The van der Waals surface area contributed by atoms with Crippen LogP contribution in [0.4, 0.5) is 0 Å². The molecule has 3 aromatic carbocycles. The molecule has 0 fully saturated rings. The smallest absolute Gasteiger partial charge is 0.355 e. The number of hydrogen-bond acceptors (Lipinski definition) is 5. The number of rotatable bonds is 13. The van der Waals surface area contributed by atoms with E-state index in [9.17, 15) is 4.79 Å². The summed E-state index contributed by atoms with van der Waals surface area (Å²) in [6.45, 7) is 4.91. The van der Waals surface area contributed by atoms with E-state index in [0.29, 0.717) is 25.3 Å². The minimum absolute atomic E-state index is 0.205. The van der Waals surface area contributed by atoms with Crippen molar-refractivity contribution in [1.82, 2.24) is 14.8 Å². The Kier molecular flexibility index (Phi) is 9.39. The largest absolute Gasteiger partial charge is 0.493 e. The topological polar surface area (TPSA) is 89.4 Å². The fraction of sp³-hybridized carbons (Fsp3) is 0.314. The maximum atomic E-state index is 13.1. The van der Waals surface area contributed by atoms with Gasteiger partial charge in [0.2, 0.25) is 0 Å². The molecular weight excluding hydrogens is 526 g/mol. The van der Waals surface area contributed by atoms with E-state index < -0.39 is 0 Å². The first-order valence-corrected chi connectivity index (χ1v) is 14.8. The third kappa shape index (κ3) is 6.11. The van der Waals surface area contributed by atoms with Crippen LogP contribution in [0.5, 0.6) is 5.75 Å². The third-order valence-corrected chi connectivity index (χ3v) is 7.68. The molecule has 0 radical (unpaired) electrons. The summed E-state index contributed by atoms with van der Waals surface area (Å²) >= 11 is 0. The van der Waals surface area contributed by atoms with Crippen molar-refractivity contribution < 1.29 is 19.4 Å². The lowest BCUT2D eigenvalue weighted by Gasteiger charge is -2.10. The maximum Gasteiger partial charge on any atom is 0.355 e. The molecule has 0 saturated heterocycles. The molecule has 0 aliphatic carbocycles. The van der Waals surface area contributed by atoms with Crippen molar-refractivity contribution in [3.63, 3.8) is 0 Å². The first-order chi connectivity index (χ1) is 20.5. The predicted molar refractivity (Wildman–Crippen MR) is 169 cm³/mol. The molecule has 2 heterocycles. The van der Waals surface area contributed by atoms with Gasteiger partial charge in [0.1, 0.15) is 11.4 Å². The summed E-state index contributed by atoms with van der Waals surface area (Å²) in [7, 11) is 1.95. The van der Waals surface area contributed by atoms with E-state index in [1.807, 2.05) is 49.0 Å². The molecule has 2 N–H and O–H groups in total. The van der Waals surface area contributed by atoms with Gasteiger partial charge in [0.25, 0.3) is 0 Å². The second kappa shape index (κ2) is 13.5. The molecule has 0 atom stereocenters. The number of aryl methyl sites for hydroxylation is 2. The number of para-hydroxylation sites is 1. The van der Waals surface area contributed by atoms with E-state index >= 15 is 0 Å². The highest BCUT2D eigenvalue weighted by atomic mass is 16.5. The monoisotopic (exact) mass is 565 g/mol. The summed E-state index contributed by atoms with van der Waals surface area (Å²) in [5.41, 5.74) is 6.28. The summed E-state index contributed by atoms with van der Waals surface area (Å²) in [6, 6.07) is 20.5. The highest BCUT2D eigenvalue weighted by molar-refractivity contribution is 6.04. The van der Waals surface area contributed by atoms with E-state index in [-0.39, 0.29) is 12.6 Å². The first kappa shape index (κ1) is 29.1. The standard InChI is InChI=1S/C35H39N3O4/c1-4-41-35(40)34-28(19-13-23-42-31-21-11-15-25-14-8-9-16-26(25)31)27-17-12-18-29(33(27)36-34)32-24(2)38(3)37-30(32)20-7-5-6-10-22-39/h7-9,11-12,14-18,20-21,36,39H,4-6,10,13,19,22-23H2,1-3H3/b20-7-. The highest BCUT2D eigenvalue weighted by Gasteiger charge is 2.23. The Hall–Kier alpha value is -4.36. The Morgan fingerprint density at radius 1 is 1.02 bits per heavy atom. The molecule has 0 aliphatic rings. The fourth-order valence-corrected chi connectivity index (χ4v) is 5.52. The van der Waals surface area contributed by atoms with Gasteiger partial charge in [-0.15, -0.1) is 0 Å². The lowest BCUT2D eigenvalue weighted by Crippen LogP contribution is -2.09. The van der Waals surface area contributed by atoms with Crippen LogP contribution in [0.2, 0.25) is 0 Å². The predicted octanol–water partition coefficient (Wildman–Crippen LogP) is 7.39. The molecule has 0 amide bonds. The molecule has 0 bridgehead atoms. The number of H-pyrrole nitrogens is 1. The fourth-order valence-electron chi connectivity index (χ4n) is 5.52. The Labute approximate surface area is 246 Å². The average Bonchev–Trinajstić information content (AvgIpc) is 3.51. The number of aromatic nitrogens is 3. The number of fused-ring (bicyclic) bond motifs is 2. The second-order valence-electron chi connectivity index (χ2n) is 10.4. The summed E-state index contributed by atoms with van der Waals surface area (Å²) in [4.78, 5) is 16.6. The van der Waals surface area contributed by atoms with Gasteiger partial charge in [-0.3, -0.25) is 4.68 Å². The molecule has 2 aromatic heterocycles. The zero-order valence-electron chi connectivity index (χ0n) is 24.7. The summed E-state index contributed by atoms with van der Waals surface area (Å²) in [6.07, 6.45) is 8.15. The number of carbonyl (C=O) groups excluding carboxylic acids is 1. The second-order valence-corrected chi connectivity index (χ2v) is 10.4. The number of nitrogens with one attached hydrogen (secondary N) is 1. The first-order valence-electron chi connectivity index (χ1n) is 14.8. The van der Waals surface area contributed by atoms with Gasteiger partial charge >= 0.3 is 5.97 Å². The summed E-state index contributed by atoms with van der Waals surface area (Å²) in [5.74, 6) is 0.514. The van der Waals surface area contributed by atoms with Crippen LogP contribution in [-0.4, -0.2) is 45.7 Å². The van der Waals surface area contributed by atoms with Crippen LogP contribution in [-0.2, 0) is 18.2 Å². The zero-order chi connectivity index (χ0) is 29.5. The SMILES string of the molecule is CCOC(=O)c1[nH]c2c(-c3c(/C=C\CCCCO)nn(C)c3C)cccc2c1CCCOc1cccc2ccccc12. The van der Waals surface area contributed by atoms with Gasteiger partial charge in [-0.2, -0.15) is 5.10 Å². The Bertz CT molecular complexity index is 1710. The molecule has 5 rings (SSSR count). The molecule has 218 valence electrons. The number of ether oxygens (including phenoxy) is 2. The molecule has 7 nitrogen and oxygen atoms in total. The van der Waals surface area contributed by atoms with Gasteiger partial charge in [-0.25, -0.2) is 4.79 Å². The van der Waals surface area contributed by atoms with Crippen LogP contribution < -0.4 is 4.74 Å². The van der Waals surface area contributed by atoms with Gasteiger partial charge in [-0.05, 0) is 69.0 Å². The van der Waals surface area contributed by atoms with E-state index in [4.69, 9.17) is 19.7 Å². The quantitative estimate of drug-likeness (QED) is 0.115. The van der Waals surface area contributed by atoms with Crippen LogP contribution in [0.1, 0.15) is 60.0 Å². The van der Waals surface area contributed by atoms with Gasteiger partial charge in [0.15, 0.2) is 0 Å². The minimum Gasteiger partial charge on any atom is -0.493 e. The van der Waals surface area contributed by atoms with Crippen molar-refractivity contribution in [2.24, 2.45) is 7.05 Å². The van der Waals surface area contributed by atoms with Crippen LogP contribution in [0.3, 0.4) is 0 Å². The normalized spacial score (nSPS) is 11.6. The molecule has 42 heavy (non-hydrogen) atoms. The Morgan fingerprint density at radius 3 is 2.64 bits per heavy atom. The minimum atomic E-state index is -0.350. The highest BCUT2D eigenvalue weighted by Crippen LogP contribution is 2.36. The number of hydrogen-bond donors (Lipinski definition) is 2. The summed E-state index contributed by atoms with van der Waals surface area (Å²) in [5, 5.41) is 17.1. The van der Waals surface area contributed by atoms with Crippen molar-refractivity contribution in [3.05, 3.63) is 89.4 Å².